The lowest BCUT2D eigenvalue weighted by atomic mass is 9.98. The van der Waals surface area contributed by atoms with Crippen LogP contribution >= 0.6 is 0 Å². The fourth-order valence-corrected chi connectivity index (χ4v) is 3.37. The second-order valence-corrected chi connectivity index (χ2v) is 7.41. The number of phenols is 2. The summed E-state index contributed by atoms with van der Waals surface area (Å²) in [6, 6.07) is 11.2. The summed E-state index contributed by atoms with van der Waals surface area (Å²) in [5.41, 5.74) is 3.25. The number of aromatic hydroxyl groups is 2. The maximum atomic E-state index is 10.3. The number of nitrogens with one attached hydrogen (secondary N) is 2. The van der Waals surface area contributed by atoms with Crippen molar-refractivity contribution < 1.29 is 10.2 Å². The van der Waals surface area contributed by atoms with E-state index in [1.165, 1.54) is 11.6 Å². The molecule has 28 heavy (non-hydrogen) atoms. The second-order valence-electron chi connectivity index (χ2n) is 7.41. The summed E-state index contributed by atoms with van der Waals surface area (Å²) in [7, 11) is 0. The Labute approximate surface area is 165 Å². The molecular weight excluding hydrogens is 354 g/mol. The van der Waals surface area contributed by atoms with Crippen LogP contribution in [0.4, 0.5) is 5.69 Å². The van der Waals surface area contributed by atoms with E-state index in [9.17, 15) is 10.2 Å². The van der Waals surface area contributed by atoms with Crippen LogP contribution in [0.2, 0.25) is 0 Å². The molecule has 1 aliphatic rings. The third-order valence-corrected chi connectivity index (χ3v) is 4.98. The summed E-state index contributed by atoms with van der Waals surface area (Å²) >= 11 is 0. The van der Waals surface area contributed by atoms with Crippen molar-refractivity contribution in [2.45, 2.75) is 26.3 Å². The first-order chi connectivity index (χ1) is 13.5. The highest BCUT2D eigenvalue weighted by Gasteiger charge is 2.16. The van der Waals surface area contributed by atoms with Crippen molar-refractivity contribution in [1.82, 2.24) is 10.2 Å². The van der Waals surface area contributed by atoms with Crippen LogP contribution in [0, 0.1) is 0 Å². The molecule has 0 aliphatic carbocycles. The molecule has 6 N–H and O–H groups in total. The summed E-state index contributed by atoms with van der Waals surface area (Å²) in [6.07, 6.45) is 0. The largest absolute Gasteiger partial charge is 0.508 e. The van der Waals surface area contributed by atoms with Gasteiger partial charge in [0.05, 0.1) is 5.56 Å². The Balaban J connectivity index is 1.74. The van der Waals surface area contributed by atoms with Crippen LogP contribution in [0.25, 0.3) is 0 Å². The molecule has 3 rings (SSSR count). The number of phenolic OH excluding ortho intramolecular Hbond substituents is 2. The fraction of sp³-hybridized carbons (Fsp3) is 0.381. The minimum absolute atomic E-state index is 0.0601. The van der Waals surface area contributed by atoms with Crippen molar-refractivity contribution in [2.24, 2.45) is 10.9 Å². The number of piperazine rings is 1. The van der Waals surface area contributed by atoms with Gasteiger partial charge in [0.25, 0.3) is 0 Å². The molecule has 1 fully saturated rings. The van der Waals surface area contributed by atoms with Gasteiger partial charge in [-0.2, -0.15) is 5.10 Å². The van der Waals surface area contributed by atoms with E-state index in [4.69, 9.17) is 5.84 Å². The molecule has 2 aromatic rings. The van der Waals surface area contributed by atoms with Gasteiger partial charge >= 0.3 is 0 Å². The number of hydrazone groups is 1. The average Bonchev–Trinajstić information content (AvgIpc) is 2.68. The molecule has 2 aromatic carbocycles. The lowest BCUT2D eigenvalue weighted by Gasteiger charge is -2.27. The summed E-state index contributed by atoms with van der Waals surface area (Å²) in [6.45, 7) is 9.05. The van der Waals surface area contributed by atoms with Crippen LogP contribution < -0.4 is 16.5 Å². The third-order valence-electron chi connectivity index (χ3n) is 4.98. The lowest BCUT2D eigenvalue weighted by Crippen LogP contribution is -2.42. The molecule has 0 aromatic heterocycles. The first-order valence-corrected chi connectivity index (χ1v) is 9.61. The van der Waals surface area contributed by atoms with Crippen LogP contribution in [-0.4, -0.2) is 47.1 Å². The number of rotatable bonds is 5. The van der Waals surface area contributed by atoms with Crippen LogP contribution in [0.5, 0.6) is 11.5 Å². The van der Waals surface area contributed by atoms with Gasteiger partial charge in [-0.25, -0.2) is 0 Å². The van der Waals surface area contributed by atoms with Gasteiger partial charge in [-0.15, -0.1) is 0 Å². The molecule has 0 radical (unpaired) electrons. The Bertz CT molecular complexity index is 827. The van der Waals surface area contributed by atoms with E-state index in [0.717, 1.165) is 44.0 Å². The van der Waals surface area contributed by atoms with Crippen LogP contribution in [0.1, 0.15) is 36.5 Å². The molecule has 7 nitrogen and oxygen atoms in total. The van der Waals surface area contributed by atoms with E-state index in [0.29, 0.717) is 11.4 Å². The van der Waals surface area contributed by atoms with E-state index in [2.05, 4.69) is 32.8 Å². The van der Waals surface area contributed by atoms with Crippen molar-refractivity contribution >= 4 is 11.5 Å². The highest BCUT2D eigenvalue weighted by atomic mass is 16.3. The number of amidine groups is 1. The van der Waals surface area contributed by atoms with Crippen molar-refractivity contribution in [1.29, 1.82) is 0 Å². The quantitative estimate of drug-likeness (QED) is 0.235. The predicted molar refractivity (Wildman–Crippen MR) is 113 cm³/mol. The Morgan fingerprint density at radius 3 is 2.43 bits per heavy atom. The lowest BCUT2D eigenvalue weighted by molar-refractivity contribution is 0.233. The Kier molecular flexibility index (Phi) is 6.38. The molecule has 0 amide bonds. The zero-order valence-corrected chi connectivity index (χ0v) is 16.4. The summed E-state index contributed by atoms with van der Waals surface area (Å²) in [5, 5.41) is 30.6. The maximum absolute atomic E-state index is 10.3. The summed E-state index contributed by atoms with van der Waals surface area (Å²) in [5.74, 6) is 6.01. The highest BCUT2D eigenvalue weighted by Crippen LogP contribution is 2.32. The van der Waals surface area contributed by atoms with Gasteiger partial charge in [0.15, 0.2) is 5.84 Å². The predicted octanol–water partition coefficient (Wildman–Crippen LogP) is 2.36. The molecule has 1 saturated heterocycles. The molecule has 1 heterocycles. The third kappa shape index (κ3) is 4.74. The number of hydrogen-bond donors (Lipinski definition) is 5. The molecule has 0 bridgehead atoms. The van der Waals surface area contributed by atoms with Crippen LogP contribution in [0.3, 0.4) is 0 Å². The standard InChI is InChI=1S/C21H29N5O2/c1-14(2)17-11-18(20(28)12-19(17)27)21(25-22)24-16-5-3-15(4-6-16)13-26-9-7-23-8-10-26/h3-6,11-12,14,23,27-28H,7-10,13,22H2,1-2H3,(H,24,25). The first kappa shape index (κ1) is 20.0. The monoisotopic (exact) mass is 383 g/mol. The fourth-order valence-electron chi connectivity index (χ4n) is 3.37. The average molecular weight is 383 g/mol. The molecular formula is C21H29N5O2. The van der Waals surface area contributed by atoms with E-state index in [1.54, 1.807) is 6.07 Å². The Hall–Kier alpha value is -2.77. The van der Waals surface area contributed by atoms with E-state index in [1.807, 2.05) is 26.0 Å². The smallest absolute Gasteiger partial charge is 0.161 e. The summed E-state index contributed by atoms with van der Waals surface area (Å²) < 4.78 is 0. The molecule has 7 heteroatoms. The normalized spacial score (nSPS) is 15.8. The molecule has 150 valence electrons. The van der Waals surface area contributed by atoms with Crippen molar-refractivity contribution in [3.63, 3.8) is 0 Å². The summed E-state index contributed by atoms with van der Waals surface area (Å²) in [4.78, 5) is 2.42. The second kappa shape index (κ2) is 8.95. The topological polar surface area (TPSA) is 106 Å². The maximum Gasteiger partial charge on any atom is 0.161 e. The van der Waals surface area contributed by atoms with Crippen LogP contribution in [0.15, 0.2) is 41.5 Å². The number of benzene rings is 2. The van der Waals surface area contributed by atoms with E-state index in [-0.39, 0.29) is 17.4 Å². The Morgan fingerprint density at radius 2 is 1.82 bits per heavy atom. The molecule has 0 spiro atoms. The SMILES string of the molecule is CC(C)c1cc(/C(=N/N)Nc2ccc(CN3CCNCC3)cc2)c(O)cc1O. The zero-order chi connectivity index (χ0) is 20.1. The van der Waals surface area contributed by atoms with Gasteiger partial charge in [0, 0.05) is 44.5 Å². The van der Waals surface area contributed by atoms with Crippen molar-refractivity contribution in [3.05, 3.63) is 53.1 Å². The first-order valence-electron chi connectivity index (χ1n) is 9.61. The van der Waals surface area contributed by atoms with Gasteiger partial charge < -0.3 is 26.7 Å². The van der Waals surface area contributed by atoms with Gasteiger partial charge in [-0.05, 0) is 35.2 Å². The molecule has 0 unspecified atom stereocenters. The molecule has 0 atom stereocenters. The minimum atomic E-state index is -0.0751. The highest BCUT2D eigenvalue weighted by molar-refractivity contribution is 6.10. The van der Waals surface area contributed by atoms with Gasteiger partial charge in [0.2, 0.25) is 0 Å². The van der Waals surface area contributed by atoms with E-state index >= 15 is 0 Å². The Morgan fingerprint density at radius 1 is 1.14 bits per heavy atom. The molecule has 1 aliphatic heterocycles. The number of nitrogens with two attached hydrogens (primary N) is 1. The number of nitrogens with zero attached hydrogens (tertiary/aromatic N) is 2. The van der Waals surface area contributed by atoms with Crippen molar-refractivity contribution in [2.75, 3.05) is 31.5 Å². The van der Waals surface area contributed by atoms with Crippen molar-refractivity contribution in [3.8, 4) is 11.5 Å². The number of hydrogen-bond acceptors (Lipinski definition) is 6. The van der Waals surface area contributed by atoms with Gasteiger partial charge in [-0.3, -0.25) is 4.90 Å². The number of anilines is 1. The van der Waals surface area contributed by atoms with Gasteiger partial charge in [-0.1, -0.05) is 26.0 Å². The van der Waals surface area contributed by atoms with Crippen LogP contribution in [-0.2, 0) is 6.54 Å². The minimum Gasteiger partial charge on any atom is -0.508 e. The van der Waals surface area contributed by atoms with E-state index < -0.39 is 0 Å². The van der Waals surface area contributed by atoms with Gasteiger partial charge in [0.1, 0.15) is 11.5 Å². The zero-order valence-electron chi connectivity index (χ0n) is 16.4. The molecule has 0 saturated carbocycles.